The number of hydrogen-bond acceptors (Lipinski definition) is 6. The van der Waals surface area contributed by atoms with Gasteiger partial charge in [0, 0.05) is 18.7 Å². The molecule has 0 spiro atoms. The van der Waals surface area contributed by atoms with Crippen LogP contribution in [0.2, 0.25) is 0 Å². The van der Waals surface area contributed by atoms with Gasteiger partial charge in [-0.15, -0.1) is 0 Å². The number of hydrogen-bond donors (Lipinski definition) is 1. The summed E-state index contributed by atoms with van der Waals surface area (Å²) in [4.78, 5) is 25.3. The fourth-order valence-electron chi connectivity index (χ4n) is 2.76. The van der Waals surface area contributed by atoms with Gasteiger partial charge in [0.1, 0.15) is 23.5 Å². The smallest absolute Gasteiger partial charge is 0.302 e. The monoisotopic (exact) mass is 378 g/mol. The Balaban J connectivity index is 1.62. The van der Waals surface area contributed by atoms with Gasteiger partial charge in [-0.25, -0.2) is 9.37 Å². The lowest BCUT2D eigenvalue weighted by molar-refractivity contribution is 0.0993. The molecule has 0 unspecified atom stereocenters. The molecular weight excluding hydrogens is 363 g/mol. The lowest BCUT2D eigenvalue weighted by Crippen LogP contribution is -2.12. The van der Waals surface area contributed by atoms with Crippen molar-refractivity contribution in [1.29, 1.82) is 0 Å². The van der Waals surface area contributed by atoms with Gasteiger partial charge in [-0.2, -0.15) is 4.98 Å². The van der Waals surface area contributed by atoms with Gasteiger partial charge >= 0.3 is 6.01 Å². The lowest BCUT2D eigenvalue weighted by atomic mass is 10.1. The van der Waals surface area contributed by atoms with Crippen LogP contribution in [0.4, 0.5) is 10.4 Å². The van der Waals surface area contributed by atoms with E-state index in [0.29, 0.717) is 11.4 Å². The number of halogens is 1. The molecule has 4 aromatic rings. The van der Waals surface area contributed by atoms with E-state index in [1.807, 2.05) is 19.1 Å². The van der Waals surface area contributed by atoms with E-state index < -0.39 is 11.7 Å². The number of amides is 1. The summed E-state index contributed by atoms with van der Waals surface area (Å²) in [5.74, 6) is -1.05. The second-order valence-corrected chi connectivity index (χ2v) is 6.05. The van der Waals surface area contributed by atoms with E-state index in [1.54, 1.807) is 25.3 Å². The minimum Gasteiger partial charge on any atom is -0.435 e. The Morgan fingerprint density at radius 1 is 1.07 bits per heavy atom. The number of carbonyl (C=O) groups excluding carboxylic acids is 1. The molecule has 0 bridgehead atoms. The van der Waals surface area contributed by atoms with Gasteiger partial charge in [0.2, 0.25) is 5.76 Å². The number of nitrogens with zero attached hydrogens (tertiary/aromatic N) is 3. The van der Waals surface area contributed by atoms with Crippen LogP contribution in [0.1, 0.15) is 22.0 Å². The second kappa shape index (κ2) is 7.07. The zero-order chi connectivity index (χ0) is 19.7. The number of anilines is 1. The highest BCUT2D eigenvalue weighted by molar-refractivity contribution is 6.05. The Kier molecular flexibility index (Phi) is 4.44. The van der Waals surface area contributed by atoms with Crippen LogP contribution in [0.25, 0.3) is 22.6 Å². The molecule has 0 aliphatic rings. The van der Waals surface area contributed by atoms with Gasteiger partial charge in [-0.05, 0) is 30.7 Å². The van der Waals surface area contributed by atoms with Crippen molar-refractivity contribution in [2.75, 3.05) is 5.32 Å². The van der Waals surface area contributed by atoms with Crippen molar-refractivity contribution in [2.24, 2.45) is 0 Å². The quantitative estimate of drug-likeness (QED) is 0.566. The van der Waals surface area contributed by atoms with E-state index in [2.05, 4.69) is 20.3 Å². The molecule has 1 aromatic carbocycles. The molecule has 0 saturated heterocycles. The van der Waals surface area contributed by atoms with E-state index in [-0.39, 0.29) is 28.9 Å². The summed E-state index contributed by atoms with van der Waals surface area (Å²) in [7, 11) is 0. The first-order valence-corrected chi connectivity index (χ1v) is 8.44. The van der Waals surface area contributed by atoms with Crippen molar-refractivity contribution in [3.05, 3.63) is 71.9 Å². The maximum atomic E-state index is 14.1. The first-order chi connectivity index (χ1) is 13.5. The normalized spacial score (nSPS) is 10.8. The minimum atomic E-state index is -0.648. The fourth-order valence-corrected chi connectivity index (χ4v) is 2.76. The van der Waals surface area contributed by atoms with E-state index >= 15 is 0 Å². The third kappa shape index (κ3) is 3.27. The molecule has 4 rings (SSSR count). The average molecular weight is 378 g/mol. The van der Waals surface area contributed by atoms with Crippen molar-refractivity contribution < 1.29 is 18.0 Å². The number of carbonyl (C=O) groups is 1. The molecule has 7 nitrogen and oxygen atoms in total. The standard InChI is InChI=1S/C20H15FN4O3/c1-11-6-5-9-22-16(11)15-10-27-20(24-15)25-19(26)18-17(23-12(2)28-18)13-7-3-4-8-14(13)21/h3-10H,1-2H3,(H,24,25,26). The van der Waals surface area contributed by atoms with E-state index in [9.17, 15) is 9.18 Å². The largest absolute Gasteiger partial charge is 0.435 e. The van der Waals surface area contributed by atoms with E-state index in [4.69, 9.17) is 8.83 Å². The second-order valence-electron chi connectivity index (χ2n) is 6.05. The predicted octanol–water partition coefficient (Wildman–Crippen LogP) is 4.40. The fraction of sp³-hybridized carbons (Fsp3) is 0.100. The first-order valence-electron chi connectivity index (χ1n) is 8.44. The molecule has 0 aliphatic heterocycles. The lowest BCUT2D eigenvalue weighted by Gasteiger charge is -2.02. The number of benzene rings is 1. The van der Waals surface area contributed by atoms with Crippen molar-refractivity contribution >= 4 is 11.9 Å². The summed E-state index contributed by atoms with van der Waals surface area (Å²) in [6, 6.07) is 9.70. The molecule has 3 heterocycles. The molecule has 1 N–H and O–H groups in total. The zero-order valence-electron chi connectivity index (χ0n) is 15.1. The molecular formula is C20H15FN4O3. The molecule has 0 fully saturated rings. The Labute approximate surface area is 159 Å². The number of rotatable bonds is 4. The third-order valence-electron chi connectivity index (χ3n) is 4.05. The van der Waals surface area contributed by atoms with E-state index in [1.165, 1.54) is 18.4 Å². The highest BCUT2D eigenvalue weighted by Gasteiger charge is 2.24. The van der Waals surface area contributed by atoms with Crippen LogP contribution in [0.15, 0.2) is 57.7 Å². The van der Waals surface area contributed by atoms with Crippen LogP contribution in [0.3, 0.4) is 0 Å². The van der Waals surface area contributed by atoms with Crippen LogP contribution in [0, 0.1) is 19.7 Å². The maximum Gasteiger partial charge on any atom is 0.302 e. The Hall–Kier alpha value is -3.81. The highest BCUT2D eigenvalue weighted by Crippen LogP contribution is 2.27. The van der Waals surface area contributed by atoms with Gasteiger partial charge in [0.05, 0.1) is 5.69 Å². The summed E-state index contributed by atoms with van der Waals surface area (Å²) < 4.78 is 24.9. The zero-order valence-corrected chi connectivity index (χ0v) is 15.1. The number of oxazole rings is 2. The molecule has 0 aliphatic carbocycles. The van der Waals surface area contributed by atoms with Crippen molar-refractivity contribution in [3.63, 3.8) is 0 Å². The Morgan fingerprint density at radius 2 is 1.89 bits per heavy atom. The topological polar surface area (TPSA) is 94.1 Å². The predicted molar refractivity (Wildman–Crippen MR) is 99.1 cm³/mol. The Morgan fingerprint density at radius 3 is 2.68 bits per heavy atom. The van der Waals surface area contributed by atoms with Crippen LogP contribution in [-0.2, 0) is 0 Å². The van der Waals surface area contributed by atoms with Crippen LogP contribution in [-0.4, -0.2) is 20.9 Å². The average Bonchev–Trinajstić information content (AvgIpc) is 3.29. The molecule has 0 radical (unpaired) electrons. The van der Waals surface area contributed by atoms with Crippen LogP contribution >= 0.6 is 0 Å². The minimum absolute atomic E-state index is 0.0291. The molecule has 140 valence electrons. The van der Waals surface area contributed by atoms with Gasteiger partial charge in [-0.1, -0.05) is 18.2 Å². The SMILES string of the molecule is Cc1nc(-c2ccccc2F)c(C(=O)Nc2nc(-c3ncccc3C)co2)o1. The number of aryl methyl sites for hydroxylation is 2. The molecule has 28 heavy (non-hydrogen) atoms. The molecule has 0 atom stereocenters. The summed E-state index contributed by atoms with van der Waals surface area (Å²) in [6.45, 7) is 3.47. The third-order valence-corrected chi connectivity index (χ3v) is 4.05. The molecule has 3 aromatic heterocycles. The van der Waals surface area contributed by atoms with Crippen molar-refractivity contribution in [3.8, 4) is 22.6 Å². The molecule has 1 amide bonds. The highest BCUT2D eigenvalue weighted by atomic mass is 19.1. The summed E-state index contributed by atoms with van der Waals surface area (Å²) in [6.07, 6.45) is 3.04. The van der Waals surface area contributed by atoms with Gasteiger partial charge < -0.3 is 8.83 Å². The van der Waals surface area contributed by atoms with Crippen molar-refractivity contribution in [2.45, 2.75) is 13.8 Å². The van der Waals surface area contributed by atoms with E-state index in [0.717, 1.165) is 5.56 Å². The first kappa shape index (κ1) is 17.6. The molecule has 8 heteroatoms. The number of nitrogens with one attached hydrogen (secondary N) is 1. The Bertz CT molecular complexity index is 1170. The maximum absolute atomic E-state index is 14.1. The van der Waals surface area contributed by atoms with Gasteiger partial charge in [0.25, 0.3) is 5.91 Å². The number of pyridine rings is 1. The summed E-state index contributed by atoms with van der Waals surface area (Å²) >= 11 is 0. The van der Waals surface area contributed by atoms with Gasteiger partial charge in [0.15, 0.2) is 5.89 Å². The van der Waals surface area contributed by atoms with Crippen molar-refractivity contribution in [1.82, 2.24) is 15.0 Å². The van der Waals surface area contributed by atoms with Crippen LogP contribution in [0.5, 0.6) is 0 Å². The summed E-state index contributed by atoms with van der Waals surface area (Å²) in [5, 5.41) is 2.51. The summed E-state index contributed by atoms with van der Waals surface area (Å²) in [5.41, 5.74) is 2.33. The number of aromatic nitrogens is 3. The van der Waals surface area contributed by atoms with Gasteiger partial charge in [-0.3, -0.25) is 15.1 Å². The van der Waals surface area contributed by atoms with Crippen LogP contribution < -0.4 is 5.32 Å². The molecule has 0 saturated carbocycles.